The molecule has 0 unspecified atom stereocenters. The first-order valence-corrected chi connectivity index (χ1v) is 8.70. The van der Waals surface area contributed by atoms with Crippen LogP contribution in [0.5, 0.6) is 0 Å². The van der Waals surface area contributed by atoms with Crippen molar-refractivity contribution in [1.29, 1.82) is 0 Å². The zero-order valence-corrected chi connectivity index (χ0v) is 14.7. The normalized spacial score (nSPS) is 15.0. The summed E-state index contributed by atoms with van der Waals surface area (Å²) >= 11 is 0. The monoisotopic (exact) mass is 354 g/mol. The number of hydrogen-bond donors (Lipinski definition) is 1. The molecular formula is C20H22N2O4. The summed E-state index contributed by atoms with van der Waals surface area (Å²) in [5, 5.41) is 11.1. The number of rotatable bonds is 4. The smallest absolute Gasteiger partial charge is 0.306 e. The SMILES string of the molecule is CN(CC(=O)N1CCC(C(=O)O)CC1)C(=O)c1ccc2ccccc2c1. The second-order valence-corrected chi connectivity index (χ2v) is 6.72. The molecule has 1 N–H and O–H groups in total. The summed E-state index contributed by atoms with van der Waals surface area (Å²) in [6, 6.07) is 13.3. The average Bonchev–Trinajstić information content (AvgIpc) is 2.67. The minimum atomic E-state index is -0.805. The molecule has 26 heavy (non-hydrogen) atoms. The number of fused-ring (bicyclic) bond motifs is 1. The molecule has 1 fully saturated rings. The number of nitrogens with zero attached hydrogens (tertiary/aromatic N) is 2. The Morgan fingerprint density at radius 3 is 2.38 bits per heavy atom. The van der Waals surface area contributed by atoms with E-state index in [2.05, 4.69) is 0 Å². The third-order valence-electron chi connectivity index (χ3n) is 4.91. The van der Waals surface area contributed by atoms with Crippen molar-refractivity contribution in [3.05, 3.63) is 48.0 Å². The molecule has 0 bridgehead atoms. The minimum absolute atomic E-state index is 0.0105. The van der Waals surface area contributed by atoms with E-state index in [-0.39, 0.29) is 24.3 Å². The van der Waals surface area contributed by atoms with E-state index < -0.39 is 5.97 Å². The summed E-state index contributed by atoms with van der Waals surface area (Å²) in [6.07, 6.45) is 0.923. The Balaban J connectivity index is 1.61. The highest BCUT2D eigenvalue weighted by atomic mass is 16.4. The van der Waals surface area contributed by atoms with Gasteiger partial charge in [0.2, 0.25) is 5.91 Å². The van der Waals surface area contributed by atoms with Gasteiger partial charge in [0, 0.05) is 25.7 Å². The number of carboxylic acid groups (broad SMARTS) is 1. The molecule has 0 atom stereocenters. The van der Waals surface area contributed by atoms with Crippen LogP contribution in [0.4, 0.5) is 0 Å². The lowest BCUT2D eigenvalue weighted by molar-refractivity contribution is -0.145. The minimum Gasteiger partial charge on any atom is -0.481 e. The summed E-state index contributed by atoms with van der Waals surface area (Å²) in [5.74, 6) is -1.54. The molecule has 2 aromatic carbocycles. The predicted octanol–water partition coefficient (Wildman–Crippen LogP) is 2.24. The van der Waals surface area contributed by atoms with Crippen molar-refractivity contribution < 1.29 is 19.5 Å². The molecule has 1 heterocycles. The van der Waals surface area contributed by atoms with E-state index >= 15 is 0 Å². The molecule has 2 amide bonds. The number of benzene rings is 2. The molecule has 0 saturated carbocycles. The Hall–Kier alpha value is -2.89. The number of carbonyl (C=O) groups excluding carboxylic acids is 2. The van der Waals surface area contributed by atoms with Gasteiger partial charge in [-0.15, -0.1) is 0 Å². The maximum absolute atomic E-state index is 12.6. The maximum Gasteiger partial charge on any atom is 0.306 e. The number of likely N-dealkylation sites (tertiary alicyclic amines) is 1. The molecule has 0 aliphatic carbocycles. The van der Waals surface area contributed by atoms with E-state index in [1.54, 1.807) is 18.0 Å². The Kier molecular flexibility index (Phi) is 5.21. The number of piperidine rings is 1. The van der Waals surface area contributed by atoms with Gasteiger partial charge in [-0.05, 0) is 35.7 Å². The van der Waals surface area contributed by atoms with Crippen molar-refractivity contribution in [2.45, 2.75) is 12.8 Å². The summed E-state index contributed by atoms with van der Waals surface area (Å²) in [6.45, 7) is 0.838. The number of aliphatic carboxylic acids is 1. The fourth-order valence-electron chi connectivity index (χ4n) is 3.29. The zero-order chi connectivity index (χ0) is 18.7. The van der Waals surface area contributed by atoms with Gasteiger partial charge in [0.05, 0.1) is 12.5 Å². The van der Waals surface area contributed by atoms with Gasteiger partial charge in [0.15, 0.2) is 0 Å². The fourth-order valence-corrected chi connectivity index (χ4v) is 3.29. The Morgan fingerprint density at radius 2 is 1.73 bits per heavy atom. The van der Waals surface area contributed by atoms with Gasteiger partial charge < -0.3 is 14.9 Å². The topological polar surface area (TPSA) is 77.9 Å². The average molecular weight is 354 g/mol. The number of carboxylic acids is 1. The summed E-state index contributed by atoms with van der Waals surface area (Å²) in [5.41, 5.74) is 0.545. The van der Waals surface area contributed by atoms with Crippen LogP contribution in [0.3, 0.4) is 0 Å². The van der Waals surface area contributed by atoms with Crippen LogP contribution >= 0.6 is 0 Å². The Bertz CT molecular complexity index is 841. The molecule has 1 aliphatic heterocycles. The number of likely N-dealkylation sites (N-methyl/N-ethyl adjacent to an activating group) is 1. The molecule has 6 nitrogen and oxygen atoms in total. The van der Waals surface area contributed by atoms with E-state index in [9.17, 15) is 14.4 Å². The summed E-state index contributed by atoms with van der Waals surface area (Å²) in [7, 11) is 1.61. The van der Waals surface area contributed by atoms with Gasteiger partial charge in [-0.3, -0.25) is 14.4 Å². The lowest BCUT2D eigenvalue weighted by atomic mass is 9.97. The lowest BCUT2D eigenvalue weighted by Gasteiger charge is -2.31. The van der Waals surface area contributed by atoms with Crippen LogP contribution in [0, 0.1) is 5.92 Å². The van der Waals surface area contributed by atoms with Gasteiger partial charge >= 0.3 is 5.97 Å². The van der Waals surface area contributed by atoms with Gasteiger partial charge in [0.25, 0.3) is 5.91 Å². The third kappa shape index (κ3) is 3.85. The van der Waals surface area contributed by atoms with Crippen LogP contribution in [0.15, 0.2) is 42.5 Å². The molecule has 0 aromatic heterocycles. The quantitative estimate of drug-likeness (QED) is 0.913. The lowest BCUT2D eigenvalue weighted by Crippen LogP contribution is -2.45. The third-order valence-corrected chi connectivity index (χ3v) is 4.91. The van der Waals surface area contributed by atoms with E-state index in [0.29, 0.717) is 31.5 Å². The second kappa shape index (κ2) is 7.56. The maximum atomic E-state index is 12.6. The molecule has 1 aliphatic rings. The van der Waals surface area contributed by atoms with Gasteiger partial charge in [0.1, 0.15) is 0 Å². The highest BCUT2D eigenvalue weighted by molar-refractivity contribution is 5.99. The van der Waals surface area contributed by atoms with Gasteiger partial charge in [-0.1, -0.05) is 30.3 Å². The highest BCUT2D eigenvalue weighted by Crippen LogP contribution is 2.19. The van der Waals surface area contributed by atoms with Crippen LogP contribution < -0.4 is 0 Å². The summed E-state index contributed by atoms with van der Waals surface area (Å²) < 4.78 is 0. The number of hydrogen-bond acceptors (Lipinski definition) is 3. The molecule has 136 valence electrons. The number of carbonyl (C=O) groups is 3. The van der Waals surface area contributed by atoms with Crippen molar-refractivity contribution >= 4 is 28.6 Å². The Labute approximate surface area is 152 Å². The zero-order valence-electron chi connectivity index (χ0n) is 14.7. The first-order valence-electron chi connectivity index (χ1n) is 8.70. The van der Waals surface area contributed by atoms with Crippen LogP contribution in [-0.4, -0.2) is 59.4 Å². The van der Waals surface area contributed by atoms with Crippen molar-refractivity contribution in [3.8, 4) is 0 Å². The van der Waals surface area contributed by atoms with Gasteiger partial charge in [-0.25, -0.2) is 0 Å². The first kappa shape index (κ1) is 17.9. The molecular weight excluding hydrogens is 332 g/mol. The number of amides is 2. The van der Waals surface area contributed by atoms with E-state index in [1.807, 2.05) is 36.4 Å². The molecule has 0 radical (unpaired) electrons. The van der Waals surface area contributed by atoms with Crippen molar-refractivity contribution in [2.24, 2.45) is 5.92 Å². The van der Waals surface area contributed by atoms with Crippen LogP contribution in [0.1, 0.15) is 23.2 Å². The summed E-state index contributed by atoms with van der Waals surface area (Å²) in [4.78, 5) is 39.1. The first-order chi connectivity index (χ1) is 12.5. The molecule has 6 heteroatoms. The van der Waals surface area contributed by atoms with E-state index in [4.69, 9.17) is 5.11 Å². The predicted molar refractivity (Wildman–Crippen MR) is 97.8 cm³/mol. The highest BCUT2D eigenvalue weighted by Gasteiger charge is 2.28. The van der Waals surface area contributed by atoms with E-state index in [0.717, 1.165) is 10.8 Å². The van der Waals surface area contributed by atoms with Crippen molar-refractivity contribution in [2.75, 3.05) is 26.7 Å². The van der Waals surface area contributed by atoms with Gasteiger partial charge in [-0.2, -0.15) is 0 Å². The van der Waals surface area contributed by atoms with Crippen molar-refractivity contribution in [1.82, 2.24) is 9.80 Å². The van der Waals surface area contributed by atoms with Crippen LogP contribution in [-0.2, 0) is 9.59 Å². The molecule has 1 saturated heterocycles. The molecule has 3 rings (SSSR count). The second-order valence-electron chi connectivity index (χ2n) is 6.72. The molecule has 2 aromatic rings. The standard InChI is InChI=1S/C20H22N2O4/c1-21(13-18(23)22-10-8-15(9-11-22)20(25)26)19(24)17-7-6-14-4-2-3-5-16(14)12-17/h2-7,12,15H,8-11,13H2,1H3,(H,25,26). The Morgan fingerprint density at radius 1 is 1.08 bits per heavy atom. The largest absolute Gasteiger partial charge is 0.481 e. The van der Waals surface area contributed by atoms with E-state index in [1.165, 1.54) is 4.90 Å². The van der Waals surface area contributed by atoms with Crippen molar-refractivity contribution in [3.63, 3.8) is 0 Å². The fraction of sp³-hybridized carbons (Fsp3) is 0.350. The van der Waals surface area contributed by atoms with Crippen LogP contribution in [0.25, 0.3) is 10.8 Å². The van der Waals surface area contributed by atoms with Crippen LogP contribution in [0.2, 0.25) is 0 Å². The molecule has 0 spiro atoms.